The molecule has 0 atom stereocenters. The van der Waals surface area contributed by atoms with Gasteiger partial charge in [-0.2, -0.15) is 4.98 Å². The lowest BCUT2D eigenvalue weighted by Crippen LogP contribution is -2.45. The third-order valence-corrected chi connectivity index (χ3v) is 6.47. The summed E-state index contributed by atoms with van der Waals surface area (Å²) < 4.78 is 2.21. The molecule has 0 saturated carbocycles. The van der Waals surface area contributed by atoms with Crippen LogP contribution < -0.4 is 10.2 Å². The number of piperidine rings is 1. The zero-order valence-corrected chi connectivity index (χ0v) is 19.0. The van der Waals surface area contributed by atoms with Crippen LogP contribution >= 0.6 is 0 Å². The fraction of sp³-hybridized carbons (Fsp3) is 0.522. The fourth-order valence-corrected chi connectivity index (χ4v) is 4.97. The van der Waals surface area contributed by atoms with Crippen LogP contribution in [0.2, 0.25) is 0 Å². The first-order valence-corrected chi connectivity index (χ1v) is 11.5. The van der Waals surface area contributed by atoms with Crippen LogP contribution in [0.15, 0.2) is 24.5 Å². The highest BCUT2D eigenvalue weighted by Crippen LogP contribution is 2.26. The molecular weight excluding hydrogens is 404 g/mol. The minimum Gasteiger partial charge on any atom is -0.341 e. The number of aryl methyl sites for hydroxylation is 1. The molecule has 0 spiro atoms. The maximum absolute atomic E-state index is 12.1. The molecule has 0 aliphatic carbocycles. The number of hydrogen-bond acceptors (Lipinski definition) is 7. The number of pyridine rings is 1. The van der Waals surface area contributed by atoms with E-state index in [1.807, 2.05) is 19.1 Å². The van der Waals surface area contributed by atoms with Gasteiger partial charge in [-0.3, -0.25) is 4.79 Å². The first-order chi connectivity index (χ1) is 15.5. The molecule has 32 heavy (non-hydrogen) atoms. The number of nitrogens with one attached hydrogen (secondary N) is 1. The fourth-order valence-electron chi connectivity index (χ4n) is 4.97. The van der Waals surface area contributed by atoms with Gasteiger partial charge in [-0.25, -0.2) is 15.0 Å². The molecule has 0 aromatic carbocycles. The van der Waals surface area contributed by atoms with Crippen molar-refractivity contribution in [2.24, 2.45) is 0 Å². The molecule has 2 fully saturated rings. The third kappa shape index (κ3) is 3.87. The van der Waals surface area contributed by atoms with E-state index in [0.717, 1.165) is 61.6 Å². The molecule has 0 bridgehead atoms. The maximum atomic E-state index is 12.1. The van der Waals surface area contributed by atoms with Gasteiger partial charge in [-0.15, -0.1) is 0 Å². The quantitative estimate of drug-likeness (QED) is 0.657. The molecule has 3 aromatic heterocycles. The zero-order valence-electron chi connectivity index (χ0n) is 19.0. The Morgan fingerprint density at radius 2 is 1.91 bits per heavy atom. The standard InChI is InChI=1S/C23H30N8O/c1-15(2)31-16(3)26-18-14-25-21(13-19(18)31)27-20-6-9-24-23(28-20)29-11-7-17(8-12-29)30-10-4-5-22(30)32/h6,9,13-15,17H,4-5,7-8,10-12H2,1-3H3,(H,24,25,27,28). The van der Waals surface area contributed by atoms with E-state index in [9.17, 15) is 4.79 Å². The van der Waals surface area contributed by atoms with Crippen LogP contribution in [0.4, 0.5) is 17.6 Å². The Balaban J connectivity index is 1.30. The number of rotatable bonds is 5. The molecule has 3 aromatic rings. The van der Waals surface area contributed by atoms with Gasteiger partial charge in [-0.1, -0.05) is 0 Å². The van der Waals surface area contributed by atoms with Crippen molar-refractivity contribution in [1.29, 1.82) is 0 Å². The van der Waals surface area contributed by atoms with Gasteiger partial charge in [0.25, 0.3) is 0 Å². The molecule has 2 aliphatic rings. The van der Waals surface area contributed by atoms with Gasteiger partial charge in [0.15, 0.2) is 0 Å². The van der Waals surface area contributed by atoms with Crippen LogP contribution in [0.1, 0.15) is 51.4 Å². The van der Waals surface area contributed by atoms with E-state index < -0.39 is 0 Å². The maximum Gasteiger partial charge on any atom is 0.227 e. The van der Waals surface area contributed by atoms with Gasteiger partial charge in [0.2, 0.25) is 11.9 Å². The number of aromatic nitrogens is 5. The van der Waals surface area contributed by atoms with Crippen molar-refractivity contribution in [3.63, 3.8) is 0 Å². The Labute approximate surface area is 187 Å². The van der Waals surface area contributed by atoms with E-state index in [4.69, 9.17) is 4.98 Å². The van der Waals surface area contributed by atoms with Crippen molar-refractivity contribution in [3.8, 4) is 0 Å². The SMILES string of the molecule is Cc1nc2cnc(Nc3ccnc(N4CCC(N5CCCC5=O)CC4)n3)cc2n1C(C)C. The summed E-state index contributed by atoms with van der Waals surface area (Å²) in [7, 11) is 0. The lowest BCUT2D eigenvalue weighted by molar-refractivity contribution is -0.130. The number of anilines is 3. The Kier molecular flexibility index (Phi) is 5.40. The number of nitrogens with zero attached hydrogens (tertiary/aromatic N) is 7. The average molecular weight is 435 g/mol. The lowest BCUT2D eigenvalue weighted by Gasteiger charge is -2.36. The second kappa shape index (κ2) is 8.37. The van der Waals surface area contributed by atoms with Crippen LogP contribution in [0, 0.1) is 6.92 Å². The first-order valence-electron chi connectivity index (χ1n) is 11.5. The van der Waals surface area contributed by atoms with Gasteiger partial charge in [0.05, 0.1) is 11.7 Å². The van der Waals surface area contributed by atoms with E-state index in [1.165, 1.54) is 0 Å². The van der Waals surface area contributed by atoms with Crippen molar-refractivity contribution < 1.29 is 4.79 Å². The second-order valence-electron chi connectivity index (χ2n) is 8.96. The molecular formula is C23H30N8O. The predicted molar refractivity (Wildman–Crippen MR) is 124 cm³/mol. The Morgan fingerprint density at radius 1 is 1.09 bits per heavy atom. The topological polar surface area (TPSA) is 92.1 Å². The molecule has 9 heteroatoms. The summed E-state index contributed by atoms with van der Waals surface area (Å²) in [6, 6.07) is 4.55. The molecule has 1 N–H and O–H groups in total. The zero-order chi connectivity index (χ0) is 22.2. The predicted octanol–water partition coefficient (Wildman–Crippen LogP) is 3.45. The molecule has 9 nitrogen and oxygen atoms in total. The van der Waals surface area contributed by atoms with Crippen molar-refractivity contribution in [2.75, 3.05) is 29.9 Å². The van der Waals surface area contributed by atoms with Crippen LogP contribution in [-0.4, -0.2) is 61.0 Å². The van der Waals surface area contributed by atoms with E-state index in [-0.39, 0.29) is 0 Å². The van der Waals surface area contributed by atoms with Crippen LogP contribution in [0.5, 0.6) is 0 Å². The van der Waals surface area contributed by atoms with E-state index >= 15 is 0 Å². The number of amides is 1. The molecule has 5 heterocycles. The average Bonchev–Trinajstić information content (AvgIpc) is 3.36. The van der Waals surface area contributed by atoms with Gasteiger partial charge < -0.3 is 19.7 Å². The number of imidazole rings is 1. The van der Waals surface area contributed by atoms with E-state index in [0.29, 0.717) is 36.2 Å². The van der Waals surface area contributed by atoms with E-state index in [2.05, 4.69) is 48.5 Å². The summed E-state index contributed by atoms with van der Waals surface area (Å²) in [5, 5.41) is 3.33. The highest BCUT2D eigenvalue weighted by atomic mass is 16.2. The number of carbonyl (C=O) groups excluding carboxylic acids is 1. The van der Waals surface area contributed by atoms with Gasteiger partial charge in [-0.05, 0) is 46.1 Å². The van der Waals surface area contributed by atoms with E-state index in [1.54, 1.807) is 12.4 Å². The second-order valence-corrected chi connectivity index (χ2v) is 8.96. The van der Waals surface area contributed by atoms with Gasteiger partial charge in [0, 0.05) is 50.4 Å². The smallest absolute Gasteiger partial charge is 0.227 e. The van der Waals surface area contributed by atoms with Crippen LogP contribution in [0.3, 0.4) is 0 Å². The Morgan fingerprint density at radius 3 is 2.62 bits per heavy atom. The molecule has 168 valence electrons. The molecule has 1 amide bonds. The third-order valence-electron chi connectivity index (χ3n) is 6.47. The largest absolute Gasteiger partial charge is 0.341 e. The van der Waals surface area contributed by atoms with Crippen LogP contribution in [-0.2, 0) is 4.79 Å². The first kappa shape index (κ1) is 20.7. The molecule has 0 unspecified atom stereocenters. The molecule has 2 saturated heterocycles. The van der Waals surface area contributed by atoms with Gasteiger partial charge in [0.1, 0.15) is 23.0 Å². The van der Waals surface area contributed by atoms with Crippen molar-refractivity contribution in [3.05, 3.63) is 30.4 Å². The molecule has 5 rings (SSSR count). The Hall–Kier alpha value is -3.23. The number of hydrogen-bond donors (Lipinski definition) is 1. The Bertz CT molecular complexity index is 1130. The highest BCUT2D eigenvalue weighted by Gasteiger charge is 2.31. The summed E-state index contributed by atoms with van der Waals surface area (Å²) in [6.45, 7) is 8.95. The monoisotopic (exact) mass is 434 g/mol. The van der Waals surface area contributed by atoms with Crippen molar-refractivity contribution in [1.82, 2.24) is 29.4 Å². The summed E-state index contributed by atoms with van der Waals surface area (Å²) in [6.07, 6.45) is 7.20. The van der Waals surface area contributed by atoms with Gasteiger partial charge >= 0.3 is 0 Å². The summed E-state index contributed by atoms with van der Waals surface area (Å²) in [5.41, 5.74) is 1.95. The normalized spacial score (nSPS) is 17.7. The molecule has 0 radical (unpaired) electrons. The summed E-state index contributed by atoms with van der Waals surface area (Å²) >= 11 is 0. The van der Waals surface area contributed by atoms with Crippen molar-refractivity contribution >= 4 is 34.5 Å². The van der Waals surface area contributed by atoms with Crippen LogP contribution in [0.25, 0.3) is 11.0 Å². The summed E-state index contributed by atoms with van der Waals surface area (Å²) in [5.74, 6) is 3.45. The van der Waals surface area contributed by atoms with Crippen molar-refractivity contribution in [2.45, 2.75) is 58.5 Å². The minimum atomic E-state index is 0.310. The number of carbonyl (C=O) groups is 1. The highest BCUT2D eigenvalue weighted by molar-refractivity contribution is 5.79. The summed E-state index contributed by atoms with van der Waals surface area (Å²) in [4.78, 5) is 34.7. The minimum absolute atomic E-state index is 0.310. The number of likely N-dealkylation sites (tertiary alicyclic amines) is 1. The number of fused-ring (bicyclic) bond motifs is 1. The lowest BCUT2D eigenvalue weighted by atomic mass is 10.0. The molecule has 2 aliphatic heterocycles.